The minimum Gasteiger partial charge on any atom is -0.417 e. The summed E-state index contributed by atoms with van der Waals surface area (Å²) in [5.74, 6) is 2.90. The number of hydrogen-bond donors (Lipinski definition) is 1. The third-order valence-electron chi connectivity index (χ3n) is 10.2. The van der Waals surface area contributed by atoms with E-state index >= 15 is 0 Å². The summed E-state index contributed by atoms with van der Waals surface area (Å²) in [4.78, 5) is 12.9. The summed E-state index contributed by atoms with van der Waals surface area (Å²) in [5, 5.41) is 10.2. The van der Waals surface area contributed by atoms with Gasteiger partial charge in [0.15, 0.2) is 8.32 Å². The highest BCUT2D eigenvalue weighted by Gasteiger charge is 2.56. The Morgan fingerprint density at radius 1 is 1.03 bits per heavy atom. The Hall–Kier alpha value is -0.193. The normalized spacial score (nSPS) is 29.4. The molecule has 5 atom stereocenters. The summed E-state index contributed by atoms with van der Waals surface area (Å²) in [7, 11) is -1.67. The average Bonchev–Trinajstić information content (AvgIpc) is 3.06. The van der Waals surface area contributed by atoms with Crippen LogP contribution in [0.3, 0.4) is 0 Å². The van der Waals surface area contributed by atoms with Gasteiger partial charge in [-0.05, 0) is 100 Å². The van der Waals surface area contributed by atoms with Gasteiger partial charge in [0.1, 0.15) is 5.78 Å². The summed E-state index contributed by atoms with van der Waals surface area (Å²) in [6.45, 7) is 21.3. The van der Waals surface area contributed by atoms with Crippen LogP contribution in [0.2, 0.25) is 18.1 Å². The molecule has 2 fully saturated rings. The lowest BCUT2D eigenvalue weighted by molar-refractivity contribution is -0.134. The van der Waals surface area contributed by atoms with E-state index in [1.165, 1.54) is 38.5 Å². The van der Waals surface area contributed by atoms with Gasteiger partial charge in [0.2, 0.25) is 0 Å². The minimum atomic E-state index is -1.67. The molecular formula is C30H58O3Si. The first kappa shape index (κ1) is 30.0. The predicted octanol–water partition coefficient (Wildman–Crippen LogP) is 8.55. The average molecular weight is 495 g/mol. The Labute approximate surface area is 213 Å². The molecule has 0 amide bonds. The highest BCUT2D eigenvalue weighted by atomic mass is 28.4. The number of ketones is 1. The van der Waals surface area contributed by atoms with E-state index in [9.17, 15) is 9.90 Å². The van der Waals surface area contributed by atoms with Gasteiger partial charge in [-0.15, -0.1) is 0 Å². The fourth-order valence-corrected chi connectivity index (χ4v) is 8.02. The van der Waals surface area contributed by atoms with Crippen molar-refractivity contribution in [1.29, 1.82) is 0 Å². The van der Waals surface area contributed by atoms with Gasteiger partial charge in [-0.3, -0.25) is 4.79 Å². The second kappa shape index (κ2) is 11.9. The van der Waals surface area contributed by atoms with E-state index in [0.29, 0.717) is 29.5 Å². The standard InChI is InChI=1S/C30H58O3Si/c1-23(15-14-22-33-34(8,9)28(2,3)4)25-18-19-26-27(31)20-17-24(30(25,26)7)16-12-10-11-13-21-29(5,6)32/h23-26,32H,10-22H2,1-9H3/t23-,24-,25-,26+,30-/m1/s1. The topological polar surface area (TPSA) is 46.5 Å². The molecule has 0 spiro atoms. The van der Waals surface area contributed by atoms with Crippen molar-refractivity contribution in [1.82, 2.24) is 0 Å². The van der Waals surface area contributed by atoms with E-state index in [4.69, 9.17) is 4.43 Å². The third-order valence-corrected chi connectivity index (χ3v) is 14.7. The van der Waals surface area contributed by atoms with Gasteiger partial charge in [0.25, 0.3) is 0 Å². The fourth-order valence-electron chi connectivity index (χ4n) is 6.93. The number of aliphatic hydroxyl groups is 1. The second-order valence-electron chi connectivity index (χ2n) is 14.3. The van der Waals surface area contributed by atoms with Crippen molar-refractivity contribution in [3.05, 3.63) is 0 Å². The van der Waals surface area contributed by atoms with Crippen LogP contribution in [0.1, 0.15) is 126 Å². The van der Waals surface area contributed by atoms with Crippen LogP contribution in [0.4, 0.5) is 0 Å². The van der Waals surface area contributed by atoms with Crippen molar-refractivity contribution in [2.45, 2.75) is 149 Å². The zero-order chi connectivity index (χ0) is 25.8. The van der Waals surface area contributed by atoms with E-state index in [1.54, 1.807) is 0 Å². The number of carbonyl (C=O) groups is 1. The van der Waals surface area contributed by atoms with Crippen LogP contribution < -0.4 is 0 Å². The molecule has 1 N–H and O–H groups in total. The number of fused-ring (bicyclic) bond motifs is 1. The van der Waals surface area contributed by atoms with E-state index < -0.39 is 13.9 Å². The molecule has 0 aromatic carbocycles. The Kier molecular flexibility index (Phi) is 10.5. The minimum absolute atomic E-state index is 0.197. The number of Topliss-reactive ketones (excluding diaryl/α,β-unsaturated/α-hetero) is 1. The highest BCUT2D eigenvalue weighted by molar-refractivity contribution is 6.74. The molecule has 3 nitrogen and oxygen atoms in total. The molecule has 0 aromatic rings. The maximum absolute atomic E-state index is 12.9. The summed E-state index contributed by atoms with van der Waals surface area (Å²) in [6, 6.07) is 0. The molecule has 0 aromatic heterocycles. The van der Waals surface area contributed by atoms with Crippen LogP contribution in [0.5, 0.6) is 0 Å². The molecule has 0 heterocycles. The van der Waals surface area contributed by atoms with Crippen LogP contribution in [0.15, 0.2) is 0 Å². The first-order valence-corrected chi connectivity index (χ1v) is 17.4. The Morgan fingerprint density at radius 2 is 1.68 bits per heavy atom. The van der Waals surface area contributed by atoms with E-state index in [1.807, 2.05) is 13.8 Å². The molecule has 0 bridgehead atoms. The van der Waals surface area contributed by atoms with Crippen molar-refractivity contribution in [3.8, 4) is 0 Å². The summed E-state index contributed by atoms with van der Waals surface area (Å²) < 4.78 is 6.45. The second-order valence-corrected chi connectivity index (χ2v) is 19.1. The van der Waals surface area contributed by atoms with Crippen LogP contribution in [0, 0.1) is 29.1 Å². The molecule has 4 heteroatoms. The Balaban J connectivity index is 1.89. The fraction of sp³-hybridized carbons (Fsp3) is 0.967. The number of carbonyl (C=O) groups excluding carboxylic acids is 1. The van der Waals surface area contributed by atoms with E-state index in [-0.39, 0.29) is 10.5 Å². The zero-order valence-electron chi connectivity index (χ0n) is 24.3. The maximum atomic E-state index is 12.9. The lowest BCUT2D eigenvalue weighted by atomic mass is 9.55. The number of unbranched alkanes of at least 4 members (excludes halogenated alkanes) is 3. The van der Waals surface area contributed by atoms with Crippen molar-refractivity contribution in [3.63, 3.8) is 0 Å². The van der Waals surface area contributed by atoms with Crippen LogP contribution in [-0.2, 0) is 9.22 Å². The van der Waals surface area contributed by atoms with Crippen LogP contribution in [-0.4, -0.2) is 31.4 Å². The molecule has 0 unspecified atom stereocenters. The van der Waals surface area contributed by atoms with Crippen molar-refractivity contribution < 1.29 is 14.3 Å². The van der Waals surface area contributed by atoms with Gasteiger partial charge in [0.05, 0.1) is 5.60 Å². The zero-order valence-corrected chi connectivity index (χ0v) is 25.3. The molecule has 2 aliphatic rings. The molecular weight excluding hydrogens is 436 g/mol. The molecule has 0 saturated heterocycles. The van der Waals surface area contributed by atoms with Gasteiger partial charge in [-0.25, -0.2) is 0 Å². The molecule has 2 aliphatic carbocycles. The van der Waals surface area contributed by atoms with Crippen molar-refractivity contribution in [2.75, 3.05) is 6.61 Å². The van der Waals surface area contributed by atoms with Crippen LogP contribution in [0.25, 0.3) is 0 Å². The maximum Gasteiger partial charge on any atom is 0.191 e. The molecule has 0 aliphatic heterocycles. The third kappa shape index (κ3) is 7.65. The smallest absolute Gasteiger partial charge is 0.191 e. The van der Waals surface area contributed by atoms with E-state index in [2.05, 4.69) is 47.7 Å². The Morgan fingerprint density at radius 3 is 2.29 bits per heavy atom. The lowest BCUT2D eigenvalue weighted by Crippen LogP contribution is -2.46. The molecule has 0 radical (unpaired) electrons. The molecule has 2 rings (SSSR count). The quantitative estimate of drug-likeness (QED) is 0.206. The largest absolute Gasteiger partial charge is 0.417 e. The van der Waals surface area contributed by atoms with Crippen molar-refractivity contribution in [2.24, 2.45) is 29.1 Å². The van der Waals surface area contributed by atoms with E-state index in [0.717, 1.165) is 45.1 Å². The van der Waals surface area contributed by atoms with Gasteiger partial charge in [0, 0.05) is 18.9 Å². The van der Waals surface area contributed by atoms with Gasteiger partial charge >= 0.3 is 0 Å². The van der Waals surface area contributed by atoms with Gasteiger partial charge in [-0.1, -0.05) is 60.3 Å². The number of hydrogen-bond acceptors (Lipinski definition) is 3. The van der Waals surface area contributed by atoms with Gasteiger partial charge in [-0.2, -0.15) is 0 Å². The predicted molar refractivity (Wildman–Crippen MR) is 148 cm³/mol. The molecule has 200 valence electrons. The summed E-state index contributed by atoms with van der Waals surface area (Å²) in [5.41, 5.74) is -0.338. The monoisotopic (exact) mass is 494 g/mol. The Bertz CT molecular complexity index is 644. The first-order valence-electron chi connectivity index (χ1n) is 14.5. The summed E-state index contributed by atoms with van der Waals surface area (Å²) >= 11 is 0. The SMILES string of the molecule is C[C@H](CCCO[Si](C)(C)C(C)(C)C)[C@H]1CC[C@H]2C(=O)CC[C@@H](CCCCCCC(C)(C)O)[C@]12C. The highest BCUT2D eigenvalue weighted by Crippen LogP contribution is 2.60. The van der Waals surface area contributed by atoms with Crippen LogP contribution >= 0.6 is 0 Å². The number of rotatable bonds is 13. The van der Waals surface area contributed by atoms with Crippen molar-refractivity contribution >= 4 is 14.1 Å². The van der Waals surface area contributed by atoms with Gasteiger partial charge < -0.3 is 9.53 Å². The molecule has 2 saturated carbocycles. The summed E-state index contributed by atoms with van der Waals surface area (Å²) in [6.07, 6.45) is 13.7. The molecule has 34 heavy (non-hydrogen) atoms. The first-order chi connectivity index (χ1) is 15.6. The lowest BCUT2D eigenvalue weighted by Gasteiger charge is -2.48.